The highest BCUT2D eigenvalue weighted by atomic mass is 19.1. The number of fused-ring (bicyclic) bond motifs is 1. The molecule has 0 unspecified atom stereocenters. The Bertz CT molecular complexity index is 1380. The van der Waals surface area contributed by atoms with Gasteiger partial charge in [0.05, 0.1) is 23.9 Å². The van der Waals surface area contributed by atoms with Crippen LogP contribution in [0.25, 0.3) is 10.9 Å². The molecule has 0 saturated heterocycles. The van der Waals surface area contributed by atoms with Gasteiger partial charge in [0, 0.05) is 29.8 Å². The van der Waals surface area contributed by atoms with Crippen molar-refractivity contribution in [1.82, 2.24) is 4.98 Å². The van der Waals surface area contributed by atoms with Crippen molar-refractivity contribution >= 4 is 34.3 Å². The highest BCUT2D eigenvalue weighted by Crippen LogP contribution is 2.50. The molecule has 5 rings (SSSR count). The Kier molecular flexibility index (Phi) is 5.31. The first kappa shape index (κ1) is 22.6. The van der Waals surface area contributed by atoms with Crippen molar-refractivity contribution in [2.75, 3.05) is 12.0 Å². The SMILES string of the molecule is COc1cc2nccc(Oc3ccc(N(C(=O)C4(C(N)=O)CC4)C4CC4)c(F)c3)c2cc1C(N)=O. The monoisotopic (exact) mass is 478 g/mol. The number of carbonyl (C=O) groups excluding carboxylic acids is 3. The number of rotatable bonds is 8. The summed E-state index contributed by atoms with van der Waals surface area (Å²) in [7, 11) is 1.42. The zero-order valence-electron chi connectivity index (χ0n) is 18.9. The van der Waals surface area contributed by atoms with Gasteiger partial charge in [-0.05, 0) is 49.9 Å². The third kappa shape index (κ3) is 3.90. The van der Waals surface area contributed by atoms with E-state index in [0.29, 0.717) is 29.5 Å². The molecule has 1 aromatic heterocycles. The first-order chi connectivity index (χ1) is 16.7. The van der Waals surface area contributed by atoms with Gasteiger partial charge in [-0.15, -0.1) is 0 Å². The molecule has 2 aliphatic carbocycles. The van der Waals surface area contributed by atoms with E-state index in [4.69, 9.17) is 20.9 Å². The average Bonchev–Trinajstić information content (AvgIpc) is 3.74. The summed E-state index contributed by atoms with van der Waals surface area (Å²) in [5.74, 6) is -1.69. The number of benzene rings is 2. The van der Waals surface area contributed by atoms with Crippen molar-refractivity contribution in [3.05, 3.63) is 54.0 Å². The second kappa shape index (κ2) is 8.23. The summed E-state index contributed by atoms with van der Waals surface area (Å²) in [5, 5.41) is 0.485. The molecule has 0 bridgehead atoms. The van der Waals surface area contributed by atoms with Crippen LogP contribution in [-0.2, 0) is 9.59 Å². The minimum Gasteiger partial charge on any atom is -0.496 e. The first-order valence-electron chi connectivity index (χ1n) is 11.1. The minimum atomic E-state index is -1.24. The lowest BCUT2D eigenvalue weighted by Gasteiger charge is -2.26. The van der Waals surface area contributed by atoms with E-state index in [0.717, 1.165) is 12.8 Å². The van der Waals surface area contributed by atoms with Crippen LogP contribution in [0.1, 0.15) is 36.0 Å². The van der Waals surface area contributed by atoms with Crippen molar-refractivity contribution in [1.29, 1.82) is 0 Å². The fraction of sp³-hybridized carbons (Fsp3) is 0.280. The lowest BCUT2D eigenvalue weighted by molar-refractivity contribution is -0.133. The molecule has 2 fully saturated rings. The van der Waals surface area contributed by atoms with Gasteiger partial charge >= 0.3 is 0 Å². The van der Waals surface area contributed by atoms with Crippen molar-refractivity contribution in [3.63, 3.8) is 0 Å². The highest BCUT2D eigenvalue weighted by Gasteiger charge is 2.59. The molecule has 10 heteroatoms. The molecule has 35 heavy (non-hydrogen) atoms. The van der Waals surface area contributed by atoms with Gasteiger partial charge in [-0.3, -0.25) is 19.4 Å². The Morgan fingerprint density at radius 2 is 1.83 bits per heavy atom. The summed E-state index contributed by atoms with van der Waals surface area (Å²) in [4.78, 5) is 42.5. The minimum absolute atomic E-state index is 0.0812. The number of carbonyl (C=O) groups is 3. The molecule has 180 valence electrons. The number of methoxy groups -OCH3 is 1. The lowest BCUT2D eigenvalue weighted by Crippen LogP contribution is -2.45. The van der Waals surface area contributed by atoms with Gasteiger partial charge in [-0.1, -0.05) is 0 Å². The number of hydrogen-bond donors (Lipinski definition) is 2. The molecule has 0 atom stereocenters. The number of amides is 3. The van der Waals surface area contributed by atoms with Gasteiger partial charge in [-0.25, -0.2) is 4.39 Å². The quantitative estimate of drug-likeness (QED) is 0.477. The predicted octanol–water partition coefficient (Wildman–Crippen LogP) is 3.03. The number of halogens is 1. The Labute approximate surface area is 199 Å². The van der Waals surface area contributed by atoms with E-state index in [9.17, 15) is 14.4 Å². The van der Waals surface area contributed by atoms with Crippen molar-refractivity contribution in [2.45, 2.75) is 31.7 Å². The third-order valence-corrected chi connectivity index (χ3v) is 6.46. The van der Waals surface area contributed by atoms with Crippen LogP contribution in [0.5, 0.6) is 17.2 Å². The van der Waals surface area contributed by atoms with Crippen molar-refractivity contribution < 1.29 is 28.2 Å². The summed E-state index contributed by atoms with van der Waals surface area (Å²) >= 11 is 0. The van der Waals surface area contributed by atoms with E-state index >= 15 is 4.39 Å². The molecular weight excluding hydrogens is 455 g/mol. The Morgan fingerprint density at radius 3 is 2.40 bits per heavy atom. The molecule has 2 aliphatic rings. The number of aromatic nitrogens is 1. The maximum absolute atomic E-state index is 15.3. The summed E-state index contributed by atoms with van der Waals surface area (Å²) < 4.78 is 26.4. The molecule has 2 saturated carbocycles. The molecule has 9 nitrogen and oxygen atoms in total. The van der Waals surface area contributed by atoms with Crippen molar-refractivity contribution in [3.8, 4) is 17.2 Å². The van der Waals surface area contributed by atoms with Crippen LogP contribution in [0.15, 0.2) is 42.6 Å². The van der Waals surface area contributed by atoms with E-state index in [2.05, 4.69) is 4.98 Å². The number of primary amides is 2. The van der Waals surface area contributed by atoms with Crippen LogP contribution in [0.2, 0.25) is 0 Å². The van der Waals surface area contributed by atoms with Crippen LogP contribution >= 0.6 is 0 Å². The highest BCUT2D eigenvalue weighted by molar-refractivity contribution is 6.14. The molecule has 0 radical (unpaired) electrons. The number of nitrogens with two attached hydrogens (primary N) is 2. The summed E-state index contributed by atoms with van der Waals surface area (Å²) in [6, 6.07) is 8.66. The van der Waals surface area contributed by atoms with Crippen LogP contribution in [-0.4, -0.2) is 35.9 Å². The maximum atomic E-state index is 15.3. The molecule has 3 aromatic rings. The predicted molar refractivity (Wildman–Crippen MR) is 125 cm³/mol. The standard InChI is InChI=1S/C25H23FN4O5/c1-34-21-12-18-15(11-16(21)22(27)31)20(6-9-29-18)35-14-4-5-19(17(26)10-14)30(13-2-3-13)24(33)25(7-8-25)23(28)32/h4-6,9-13H,2-3,7-8H2,1H3,(H2,27,31)(H2,28,32). The lowest BCUT2D eigenvalue weighted by atomic mass is 10.0. The van der Waals surface area contributed by atoms with E-state index in [1.807, 2.05) is 0 Å². The molecule has 2 aromatic carbocycles. The Morgan fingerprint density at radius 1 is 1.09 bits per heavy atom. The van der Waals surface area contributed by atoms with Gasteiger partial charge in [0.15, 0.2) is 5.82 Å². The zero-order chi connectivity index (χ0) is 24.9. The zero-order valence-corrected chi connectivity index (χ0v) is 18.9. The van der Waals surface area contributed by atoms with Gasteiger partial charge < -0.3 is 25.8 Å². The summed E-state index contributed by atoms with van der Waals surface area (Å²) in [6.07, 6.45) is 3.72. The van der Waals surface area contributed by atoms with E-state index in [1.165, 1.54) is 42.5 Å². The number of nitrogens with zero attached hydrogens (tertiary/aromatic N) is 2. The van der Waals surface area contributed by atoms with E-state index < -0.39 is 29.0 Å². The van der Waals surface area contributed by atoms with Crippen molar-refractivity contribution in [2.24, 2.45) is 16.9 Å². The molecule has 4 N–H and O–H groups in total. The molecular formula is C25H23FN4O5. The largest absolute Gasteiger partial charge is 0.496 e. The fourth-order valence-electron chi connectivity index (χ4n) is 4.20. The summed E-state index contributed by atoms with van der Waals surface area (Å²) in [5.41, 5.74) is 10.4. The number of ether oxygens (including phenoxy) is 2. The topological polar surface area (TPSA) is 138 Å². The van der Waals surface area contributed by atoms with Gasteiger partial charge in [0.25, 0.3) is 5.91 Å². The molecule has 0 aliphatic heterocycles. The third-order valence-electron chi connectivity index (χ3n) is 6.46. The molecule has 1 heterocycles. The van der Waals surface area contributed by atoms with Gasteiger partial charge in [-0.2, -0.15) is 0 Å². The Hall–Kier alpha value is -4.21. The Balaban J connectivity index is 1.47. The van der Waals surface area contributed by atoms with E-state index in [-0.39, 0.29) is 28.8 Å². The van der Waals surface area contributed by atoms with Crippen LogP contribution in [0.3, 0.4) is 0 Å². The first-order valence-corrected chi connectivity index (χ1v) is 11.1. The van der Waals surface area contributed by atoms with Crippen LogP contribution in [0, 0.1) is 11.2 Å². The van der Waals surface area contributed by atoms with E-state index in [1.54, 1.807) is 12.1 Å². The second-order valence-electron chi connectivity index (χ2n) is 8.81. The second-order valence-corrected chi connectivity index (χ2v) is 8.81. The fourth-order valence-corrected chi connectivity index (χ4v) is 4.20. The number of anilines is 1. The smallest absolute Gasteiger partial charge is 0.252 e. The number of pyridine rings is 1. The average molecular weight is 478 g/mol. The maximum Gasteiger partial charge on any atom is 0.252 e. The van der Waals surface area contributed by atoms with Gasteiger partial charge in [0.2, 0.25) is 11.8 Å². The molecule has 3 amide bonds. The number of hydrogen-bond acceptors (Lipinski definition) is 6. The van der Waals surface area contributed by atoms with Crippen LogP contribution in [0.4, 0.5) is 10.1 Å². The normalized spacial score (nSPS) is 15.9. The van der Waals surface area contributed by atoms with Crippen LogP contribution < -0.4 is 25.8 Å². The van der Waals surface area contributed by atoms with Gasteiger partial charge in [0.1, 0.15) is 22.7 Å². The summed E-state index contributed by atoms with van der Waals surface area (Å²) in [6.45, 7) is 0. The molecule has 0 spiro atoms.